The van der Waals surface area contributed by atoms with E-state index in [9.17, 15) is 19.8 Å². The average molecular weight is 486 g/mol. The maximum absolute atomic E-state index is 13.2. The van der Waals surface area contributed by atoms with Gasteiger partial charge in [-0.1, -0.05) is 32.9 Å². The summed E-state index contributed by atoms with van der Waals surface area (Å²) in [7, 11) is 0. The Bertz CT molecular complexity index is 984. The van der Waals surface area contributed by atoms with Crippen molar-refractivity contribution < 1.29 is 29.3 Å². The van der Waals surface area contributed by atoms with Crippen LogP contribution in [0.3, 0.4) is 0 Å². The Hall–Kier alpha value is -2.35. The fourth-order valence-electron chi connectivity index (χ4n) is 4.73. The normalized spacial score (nSPS) is 36.5. The van der Waals surface area contributed by atoms with Crippen molar-refractivity contribution in [2.75, 3.05) is 0 Å². The molecule has 1 saturated heterocycles. The number of ether oxygens (including phenoxy) is 2. The van der Waals surface area contributed by atoms with E-state index in [0.717, 1.165) is 23.3 Å². The van der Waals surface area contributed by atoms with Crippen LogP contribution in [0.25, 0.3) is 6.08 Å². The van der Waals surface area contributed by atoms with Gasteiger partial charge in [0.1, 0.15) is 11.9 Å². The van der Waals surface area contributed by atoms with Gasteiger partial charge in [0.05, 0.1) is 41.4 Å². The Morgan fingerprint density at radius 1 is 1.20 bits per heavy atom. The number of Topliss-reactive ketones (excluding diaryl/α,β-unsaturated/α-hetero) is 1. The number of fused-ring (bicyclic) bond motifs is 1. The summed E-state index contributed by atoms with van der Waals surface area (Å²) >= 11 is 0. The van der Waals surface area contributed by atoms with Crippen molar-refractivity contribution in [2.45, 2.75) is 97.2 Å². The van der Waals surface area contributed by atoms with E-state index < -0.39 is 35.6 Å². The van der Waals surface area contributed by atoms with Crippen LogP contribution in [0.2, 0.25) is 0 Å². The van der Waals surface area contributed by atoms with E-state index >= 15 is 0 Å². The highest BCUT2D eigenvalue weighted by atomic mass is 16.6. The molecular weight excluding hydrogens is 446 g/mol. The Morgan fingerprint density at radius 3 is 2.57 bits per heavy atom. The summed E-state index contributed by atoms with van der Waals surface area (Å²) in [5, 5.41) is 21.6. The Labute approximate surface area is 208 Å². The molecule has 1 aromatic heterocycles. The van der Waals surface area contributed by atoms with Gasteiger partial charge in [-0.05, 0) is 63.0 Å². The van der Waals surface area contributed by atoms with Gasteiger partial charge in [-0.15, -0.1) is 0 Å². The molecule has 0 spiro atoms. The number of carbonyl (C=O) groups excluding carboxylic acids is 2. The quantitative estimate of drug-likeness (QED) is 0.370. The maximum Gasteiger partial charge on any atom is 0.309 e. The molecule has 35 heavy (non-hydrogen) atoms. The molecule has 0 aliphatic carbocycles. The maximum atomic E-state index is 13.2. The molecule has 7 heteroatoms. The van der Waals surface area contributed by atoms with Crippen LogP contribution >= 0.6 is 0 Å². The van der Waals surface area contributed by atoms with Gasteiger partial charge >= 0.3 is 5.97 Å². The summed E-state index contributed by atoms with van der Waals surface area (Å²) < 4.78 is 11.9. The monoisotopic (exact) mass is 485 g/mol. The number of aromatic nitrogens is 1. The molecule has 0 aromatic carbocycles. The second-order valence-corrected chi connectivity index (χ2v) is 10.8. The van der Waals surface area contributed by atoms with Crippen molar-refractivity contribution in [3.8, 4) is 0 Å². The van der Waals surface area contributed by atoms with E-state index in [0.29, 0.717) is 12.8 Å². The molecule has 0 radical (unpaired) electrons. The zero-order chi connectivity index (χ0) is 26.0. The van der Waals surface area contributed by atoms with Crippen molar-refractivity contribution in [1.82, 2.24) is 4.98 Å². The van der Waals surface area contributed by atoms with Crippen LogP contribution in [-0.4, -0.2) is 57.0 Å². The van der Waals surface area contributed by atoms with Gasteiger partial charge in [-0.3, -0.25) is 14.6 Å². The molecule has 3 rings (SSSR count). The summed E-state index contributed by atoms with van der Waals surface area (Å²) in [4.78, 5) is 30.4. The molecule has 3 heterocycles. The molecule has 6 atom stereocenters. The summed E-state index contributed by atoms with van der Waals surface area (Å²) in [6, 6.07) is 5.60. The van der Waals surface area contributed by atoms with Gasteiger partial charge in [0, 0.05) is 18.5 Å². The second-order valence-electron chi connectivity index (χ2n) is 10.8. The van der Waals surface area contributed by atoms with Crippen LogP contribution in [0.15, 0.2) is 41.6 Å². The molecule has 2 aliphatic heterocycles. The van der Waals surface area contributed by atoms with Gasteiger partial charge in [-0.25, -0.2) is 0 Å². The van der Waals surface area contributed by atoms with Crippen molar-refractivity contribution in [2.24, 2.45) is 11.3 Å². The summed E-state index contributed by atoms with van der Waals surface area (Å²) in [5.41, 5.74) is 0.720. The molecular formula is C28H39NO6. The Morgan fingerprint density at radius 2 is 1.91 bits per heavy atom. The number of pyridine rings is 1. The van der Waals surface area contributed by atoms with Crippen LogP contribution < -0.4 is 0 Å². The van der Waals surface area contributed by atoms with E-state index in [2.05, 4.69) is 4.98 Å². The number of epoxide rings is 1. The number of hydrogen-bond acceptors (Lipinski definition) is 7. The molecule has 0 bridgehead atoms. The number of ketones is 1. The first-order valence-electron chi connectivity index (χ1n) is 12.4. The zero-order valence-electron chi connectivity index (χ0n) is 21.7. The SMILES string of the molecule is CC(=Cc1ccccn1)[C@@H]1C[C@@H]2O[C@]2(C)CC/C=C(\C)[C@H](O)[C@@H](C)C(=O)C(C)(C)[C@@H](O)CC(=O)O1. The van der Waals surface area contributed by atoms with Gasteiger partial charge in [0.25, 0.3) is 0 Å². The number of esters is 1. The molecule has 0 unspecified atom stereocenters. The standard InChI is InChI=1S/C28H39NO6/c1-17-10-9-12-28(6)23(35-28)15-21(18(2)14-20-11-7-8-13-29-20)34-24(31)16-22(30)27(4,5)26(33)19(3)25(17)32/h7-8,10-11,13-14,19,21-23,25,30,32H,9,12,15-16H2,1-6H3/b17-10+,18-14?/t19-,21+,22+,23+,25+,28-/m1/s1. The topological polar surface area (TPSA) is 109 Å². The van der Waals surface area contributed by atoms with Crippen molar-refractivity contribution in [3.63, 3.8) is 0 Å². The zero-order valence-corrected chi connectivity index (χ0v) is 21.7. The van der Waals surface area contributed by atoms with Crippen LogP contribution in [0.4, 0.5) is 0 Å². The largest absolute Gasteiger partial charge is 0.458 e. The number of aliphatic hydroxyl groups is 2. The minimum Gasteiger partial charge on any atom is -0.458 e. The number of allylic oxidation sites excluding steroid dienone is 1. The smallest absolute Gasteiger partial charge is 0.309 e. The number of hydrogen-bond donors (Lipinski definition) is 2. The fourth-order valence-corrected chi connectivity index (χ4v) is 4.73. The predicted molar refractivity (Wildman–Crippen MR) is 133 cm³/mol. The fraction of sp³-hybridized carbons (Fsp3) is 0.607. The minimum atomic E-state index is -1.25. The third-order valence-corrected chi connectivity index (χ3v) is 7.60. The third kappa shape index (κ3) is 6.46. The Balaban J connectivity index is 1.89. The van der Waals surface area contributed by atoms with Gasteiger partial charge in [0.15, 0.2) is 0 Å². The van der Waals surface area contributed by atoms with Crippen molar-refractivity contribution >= 4 is 17.8 Å². The van der Waals surface area contributed by atoms with Crippen LogP contribution in [0.5, 0.6) is 0 Å². The van der Waals surface area contributed by atoms with Gasteiger partial charge in [-0.2, -0.15) is 0 Å². The van der Waals surface area contributed by atoms with Crippen LogP contribution in [0.1, 0.15) is 72.9 Å². The Kier molecular flexibility index (Phi) is 8.35. The summed E-state index contributed by atoms with van der Waals surface area (Å²) in [5.74, 6) is -1.61. The minimum absolute atomic E-state index is 0.0826. The first kappa shape index (κ1) is 27.2. The molecule has 192 valence electrons. The molecule has 1 fully saturated rings. The lowest BCUT2D eigenvalue weighted by Gasteiger charge is -2.33. The van der Waals surface area contributed by atoms with E-state index in [1.165, 1.54) is 0 Å². The van der Waals surface area contributed by atoms with E-state index in [1.807, 2.05) is 51.1 Å². The summed E-state index contributed by atoms with van der Waals surface area (Å²) in [6.07, 6.45) is 4.30. The first-order valence-corrected chi connectivity index (χ1v) is 12.4. The molecule has 0 saturated carbocycles. The number of rotatable bonds is 2. The summed E-state index contributed by atoms with van der Waals surface area (Å²) in [6.45, 7) is 10.6. The molecule has 7 nitrogen and oxygen atoms in total. The average Bonchev–Trinajstić information content (AvgIpc) is 3.45. The highest BCUT2D eigenvalue weighted by molar-refractivity contribution is 5.88. The highest BCUT2D eigenvalue weighted by Gasteiger charge is 2.52. The lowest BCUT2D eigenvalue weighted by atomic mass is 9.74. The molecule has 1 aromatic rings. The molecule has 2 N–H and O–H groups in total. The van der Waals surface area contributed by atoms with E-state index in [-0.39, 0.29) is 23.9 Å². The van der Waals surface area contributed by atoms with Gasteiger partial charge < -0.3 is 19.7 Å². The first-order chi connectivity index (χ1) is 16.3. The second kappa shape index (κ2) is 10.7. The van der Waals surface area contributed by atoms with Crippen LogP contribution in [-0.2, 0) is 19.1 Å². The van der Waals surface area contributed by atoms with Crippen molar-refractivity contribution in [3.05, 3.63) is 47.3 Å². The number of cyclic esters (lactones) is 1. The third-order valence-electron chi connectivity index (χ3n) is 7.60. The lowest BCUT2D eigenvalue weighted by molar-refractivity contribution is -0.154. The highest BCUT2D eigenvalue weighted by Crippen LogP contribution is 2.44. The predicted octanol–water partition coefficient (Wildman–Crippen LogP) is 4.03. The number of aliphatic hydroxyl groups excluding tert-OH is 2. The van der Waals surface area contributed by atoms with Crippen molar-refractivity contribution in [1.29, 1.82) is 0 Å². The van der Waals surface area contributed by atoms with Gasteiger partial charge in [0.2, 0.25) is 0 Å². The van der Waals surface area contributed by atoms with E-state index in [1.54, 1.807) is 27.0 Å². The molecule has 2 aliphatic rings. The molecule has 0 amide bonds. The van der Waals surface area contributed by atoms with E-state index in [4.69, 9.17) is 9.47 Å². The lowest BCUT2D eigenvalue weighted by Crippen LogP contribution is -2.44. The number of nitrogens with zero attached hydrogens (tertiary/aromatic N) is 1. The van der Waals surface area contributed by atoms with Crippen LogP contribution in [0, 0.1) is 11.3 Å². The number of carbonyl (C=O) groups is 2.